The third kappa shape index (κ3) is 5.89. The molecule has 0 saturated carbocycles. The summed E-state index contributed by atoms with van der Waals surface area (Å²) in [5, 5.41) is 11.8. The van der Waals surface area contributed by atoms with Crippen LogP contribution in [-0.2, 0) is 9.53 Å². The van der Waals surface area contributed by atoms with Gasteiger partial charge in [-0.2, -0.15) is 0 Å². The van der Waals surface area contributed by atoms with Crippen molar-refractivity contribution >= 4 is 17.8 Å². The van der Waals surface area contributed by atoms with Gasteiger partial charge in [0.2, 0.25) is 0 Å². The summed E-state index contributed by atoms with van der Waals surface area (Å²) in [5.74, 6) is -1.62. The number of ketones is 1. The number of H-pyrrole nitrogens is 1. The van der Waals surface area contributed by atoms with E-state index in [-0.39, 0.29) is 36.1 Å². The number of carboxylic acids is 1. The minimum atomic E-state index is -0.921. The van der Waals surface area contributed by atoms with Gasteiger partial charge in [-0.05, 0) is 31.7 Å². The molecule has 0 radical (unpaired) electrons. The highest BCUT2D eigenvalue weighted by atomic mass is 16.6. The van der Waals surface area contributed by atoms with E-state index >= 15 is 0 Å². The van der Waals surface area contributed by atoms with Gasteiger partial charge in [0.1, 0.15) is 0 Å². The fraction of sp³-hybridized carbons (Fsp3) is 0.632. The van der Waals surface area contributed by atoms with E-state index in [2.05, 4.69) is 10.3 Å². The third-order valence-electron chi connectivity index (χ3n) is 4.18. The summed E-state index contributed by atoms with van der Waals surface area (Å²) >= 11 is 0. The zero-order chi connectivity index (χ0) is 20.0. The third-order valence-corrected chi connectivity index (χ3v) is 4.18. The van der Waals surface area contributed by atoms with E-state index in [1.165, 1.54) is 0 Å². The standard InChI is InChI=1S/C19H30N2O5/c1-10(2)14(9-15(22)23)17-13(7-8-20-17)18(24)16(11(3)4)21-19(25)26-12(5)6/h7-8,10-12,14,16,20H,9H2,1-6H3,(H,21,25)(H,22,23)/t14?,16-/m0/s1. The molecule has 1 amide bonds. The lowest BCUT2D eigenvalue weighted by Gasteiger charge is -2.24. The number of carboxylic acid groups (broad SMARTS) is 1. The van der Waals surface area contributed by atoms with Gasteiger partial charge in [-0.3, -0.25) is 9.59 Å². The van der Waals surface area contributed by atoms with Crippen molar-refractivity contribution < 1.29 is 24.2 Å². The van der Waals surface area contributed by atoms with Crippen molar-refractivity contribution in [3.63, 3.8) is 0 Å². The first-order valence-corrected chi connectivity index (χ1v) is 8.95. The highest BCUT2D eigenvalue weighted by Gasteiger charge is 2.31. The van der Waals surface area contributed by atoms with Gasteiger partial charge in [0, 0.05) is 23.4 Å². The summed E-state index contributed by atoms with van der Waals surface area (Å²) < 4.78 is 5.08. The van der Waals surface area contributed by atoms with E-state index in [0.29, 0.717) is 11.3 Å². The molecule has 0 aromatic carbocycles. The average Bonchev–Trinajstić information content (AvgIpc) is 2.97. The number of ether oxygens (including phenoxy) is 1. The Morgan fingerprint density at radius 3 is 2.19 bits per heavy atom. The number of carbonyl (C=O) groups is 3. The number of aliphatic carboxylic acids is 1. The normalized spacial score (nSPS) is 13.7. The fourth-order valence-electron chi connectivity index (χ4n) is 2.84. The molecular weight excluding hydrogens is 336 g/mol. The molecule has 0 spiro atoms. The zero-order valence-corrected chi connectivity index (χ0v) is 16.3. The SMILES string of the molecule is CC(C)OC(=O)N[C@H](C(=O)c1cc[nH]c1C(CC(=O)O)C(C)C)C(C)C. The van der Waals surface area contributed by atoms with Crippen LogP contribution < -0.4 is 5.32 Å². The Balaban J connectivity index is 3.12. The van der Waals surface area contributed by atoms with Crippen LogP contribution in [0.4, 0.5) is 4.79 Å². The Morgan fingerprint density at radius 2 is 1.73 bits per heavy atom. The van der Waals surface area contributed by atoms with Crippen molar-refractivity contribution in [2.75, 3.05) is 0 Å². The topological polar surface area (TPSA) is 108 Å². The molecule has 1 heterocycles. The number of carbonyl (C=O) groups excluding carboxylic acids is 2. The van der Waals surface area contributed by atoms with Crippen molar-refractivity contribution in [2.45, 2.75) is 66.0 Å². The fourth-order valence-corrected chi connectivity index (χ4v) is 2.84. The Labute approximate surface area is 154 Å². The van der Waals surface area contributed by atoms with E-state index < -0.39 is 18.1 Å². The number of aromatic nitrogens is 1. The molecule has 26 heavy (non-hydrogen) atoms. The van der Waals surface area contributed by atoms with Gasteiger partial charge in [0.05, 0.1) is 18.6 Å². The van der Waals surface area contributed by atoms with Gasteiger partial charge in [-0.15, -0.1) is 0 Å². The second-order valence-electron chi connectivity index (χ2n) is 7.44. The van der Waals surface area contributed by atoms with Crippen molar-refractivity contribution in [1.29, 1.82) is 0 Å². The first kappa shape index (κ1) is 21.7. The van der Waals surface area contributed by atoms with Gasteiger partial charge in [-0.1, -0.05) is 27.7 Å². The van der Waals surface area contributed by atoms with E-state index in [1.54, 1.807) is 26.1 Å². The van der Waals surface area contributed by atoms with Gasteiger partial charge in [-0.25, -0.2) is 4.79 Å². The lowest BCUT2D eigenvalue weighted by Crippen LogP contribution is -2.45. The van der Waals surface area contributed by atoms with Gasteiger partial charge in [0.25, 0.3) is 0 Å². The van der Waals surface area contributed by atoms with Crippen LogP contribution in [0.25, 0.3) is 0 Å². The second kappa shape index (κ2) is 9.40. The van der Waals surface area contributed by atoms with Crippen molar-refractivity contribution in [3.8, 4) is 0 Å². The van der Waals surface area contributed by atoms with Crippen LogP contribution >= 0.6 is 0 Å². The molecular formula is C19H30N2O5. The summed E-state index contributed by atoms with van der Waals surface area (Å²) in [4.78, 5) is 39.2. The molecule has 1 aromatic rings. The molecule has 1 unspecified atom stereocenters. The largest absolute Gasteiger partial charge is 0.481 e. The minimum absolute atomic E-state index is 0.0349. The summed E-state index contributed by atoms with van der Waals surface area (Å²) in [5.41, 5.74) is 1.01. The number of Topliss-reactive ketones (excluding diaryl/α,β-unsaturated/α-hetero) is 1. The lowest BCUT2D eigenvalue weighted by molar-refractivity contribution is -0.137. The molecule has 0 fully saturated rings. The maximum absolute atomic E-state index is 13.1. The number of hydrogen-bond donors (Lipinski definition) is 3. The molecule has 7 nitrogen and oxygen atoms in total. The quantitative estimate of drug-likeness (QED) is 0.579. The van der Waals surface area contributed by atoms with E-state index in [9.17, 15) is 19.5 Å². The van der Waals surface area contributed by atoms with Crippen molar-refractivity contribution in [2.24, 2.45) is 11.8 Å². The number of alkyl carbamates (subject to hydrolysis) is 1. The minimum Gasteiger partial charge on any atom is -0.481 e. The molecule has 146 valence electrons. The summed E-state index contributed by atoms with van der Waals surface area (Å²) in [7, 11) is 0. The first-order valence-electron chi connectivity index (χ1n) is 8.95. The first-order chi connectivity index (χ1) is 12.0. The highest BCUT2D eigenvalue weighted by molar-refractivity contribution is 6.02. The Hall–Kier alpha value is -2.31. The smallest absolute Gasteiger partial charge is 0.407 e. The highest BCUT2D eigenvalue weighted by Crippen LogP contribution is 2.30. The lowest BCUT2D eigenvalue weighted by atomic mass is 9.85. The molecule has 2 atom stereocenters. The summed E-state index contributed by atoms with van der Waals surface area (Å²) in [6.45, 7) is 11.0. The maximum Gasteiger partial charge on any atom is 0.407 e. The van der Waals surface area contributed by atoms with Crippen molar-refractivity contribution in [1.82, 2.24) is 10.3 Å². The number of amides is 1. The van der Waals surface area contributed by atoms with Gasteiger partial charge >= 0.3 is 12.1 Å². The number of rotatable bonds is 9. The van der Waals surface area contributed by atoms with E-state index in [1.807, 2.05) is 27.7 Å². The maximum atomic E-state index is 13.1. The predicted molar refractivity (Wildman–Crippen MR) is 98.3 cm³/mol. The molecule has 0 saturated heterocycles. The van der Waals surface area contributed by atoms with Crippen LogP contribution in [0.5, 0.6) is 0 Å². The predicted octanol–water partition coefficient (Wildman–Crippen LogP) is 3.57. The van der Waals surface area contributed by atoms with Gasteiger partial charge < -0.3 is 20.1 Å². The van der Waals surface area contributed by atoms with E-state index in [0.717, 1.165) is 0 Å². The molecule has 7 heteroatoms. The van der Waals surface area contributed by atoms with Crippen molar-refractivity contribution in [3.05, 3.63) is 23.5 Å². The van der Waals surface area contributed by atoms with Crippen LogP contribution in [0.2, 0.25) is 0 Å². The molecule has 1 rings (SSSR count). The van der Waals surface area contributed by atoms with Gasteiger partial charge in [0.15, 0.2) is 5.78 Å². The summed E-state index contributed by atoms with van der Waals surface area (Å²) in [6.07, 6.45) is 0.619. The molecule has 3 N–H and O–H groups in total. The number of hydrogen-bond acceptors (Lipinski definition) is 4. The molecule has 0 aliphatic carbocycles. The molecule has 1 aromatic heterocycles. The Kier molecular flexibility index (Phi) is 7.86. The number of aromatic amines is 1. The molecule has 0 aliphatic heterocycles. The zero-order valence-electron chi connectivity index (χ0n) is 16.3. The van der Waals surface area contributed by atoms with Crippen LogP contribution in [-0.4, -0.2) is 40.1 Å². The number of nitrogens with one attached hydrogen (secondary N) is 2. The average molecular weight is 366 g/mol. The molecule has 0 bridgehead atoms. The van der Waals surface area contributed by atoms with Crippen LogP contribution in [0.1, 0.15) is 69.9 Å². The van der Waals surface area contributed by atoms with Crippen LogP contribution in [0.3, 0.4) is 0 Å². The summed E-state index contributed by atoms with van der Waals surface area (Å²) in [6, 6.07) is 0.883. The monoisotopic (exact) mass is 366 g/mol. The van der Waals surface area contributed by atoms with Crippen LogP contribution in [0.15, 0.2) is 12.3 Å². The van der Waals surface area contributed by atoms with Crippen LogP contribution in [0, 0.1) is 11.8 Å². The molecule has 0 aliphatic rings. The Morgan fingerprint density at radius 1 is 1.12 bits per heavy atom. The Bertz CT molecular complexity index is 634. The second-order valence-corrected chi connectivity index (χ2v) is 7.44. The van der Waals surface area contributed by atoms with E-state index in [4.69, 9.17) is 4.74 Å².